The Morgan fingerprint density at radius 3 is 2.38 bits per heavy atom. The zero-order valence-corrected chi connectivity index (χ0v) is 14.3. The summed E-state index contributed by atoms with van der Waals surface area (Å²) in [5.74, 6) is 1.35. The van der Waals surface area contributed by atoms with Gasteiger partial charge in [-0.05, 0) is 57.2 Å². The smallest absolute Gasteiger partial charge is 0.241 e. The third-order valence-electron chi connectivity index (χ3n) is 4.70. The van der Waals surface area contributed by atoms with Crippen LogP contribution in [0.3, 0.4) is 0 Å². The van der Waals surface area contributed by atoms with Gasteiger partial charge in [-0.1, -0.05) is 27.7 Å². The molecular formula is C17H33N3O. The van der Waals surface area contributed by atoms with Gasteiger partial charge in [-0.3, -0.25) is 10.1 Å². The zero-order valence-electron chi connectivity index (χ0n) is 14.3. The third kappa shape index (κ3) is 4.43. The number of carbonyl (C=O) groups is 1. The summed E-state index contributed by atoms with van der Waals surface area (Å²) in [6.07, 6.45) is 4.96. The standard InChI is InChI=1S/C17H33N3O/c1-13(2)12-15-17(21)20(16(18-15)14(3)4)11-7-10-19-8-5-6-9-19/h13-16,18H,5-12H2,1-4H3. The van der Waals surface area contributed by atoms with Crippen molar-refractivity contribution in [3.63, 3.8) is 0 Å². The van der Waals surface area contributed by atoms with Gasteiger partial charge < -0.3 is 9.80 Å². The molecule has 2 unspecified atom stereocenters. The van der Waals surface area contributed by atoms with Crippen LogP contribution in [0.1, 0.15) is 53.4 Å². The molecule has 2 atom stereocenters. The van der Waals surface area contributed by atoms with Crippen molar-refractivity contribution in [1.82, 2.24) is 15.1 Å². The summed E-state index contributed by atoms with van der Waals surface area (Å²) in [5.41, 5.74) is 0. The minimum absolute atomic E-state index is 0.0317. The van der Waals surface area contributed by atoms with Crippen LogP contribution in [0.15, 0.2) is 0 Å². The van der Waals surface area contributed by atoms with Gasteiger partial charge in [-0.15, -0.1) is 0 Å². The van der Waals surface area contributed by atoms with Crippen LogP contribution in [0, 0.1) is 11.8 Å². The van der Waals surface area contributed by atoms with Gasteiger partial charge in [0, 0.05) is 6.54 Å². The number of rotatable bonds is 7. The molecule has 0 spiro atoms. The summed E-state index contributed by atoms with van der Waals surface area (Å²) < 4.78 is 0. The first kappa shape index (κ1) is 16.8. The van der Waals surface area contributed by atoms with Gasteiger partial charge in [-0.25, -0.2) is 0 Å². The molecule has 2 rings (SSSR count). The maximum absolute atomic E-state index is 12.6. The average Bonchev–Trinajstić information content (AvgIpc) is 3.01. The number of hydrogen-bond acceptors (Lipinski definition) is 3. The number of likely N-dealkylation sites (tertiary alicyclic amines) is 1. The monoisotopic (exact) mass is 295 g/mol. The molecule has 0 saturated carbocycles. The van der Waals surface area contributed by atoms with E-state index in [2.05, 4.69) is 42.8 Å². The molecule has 1 amide bonds. The van der Waals surface area contributed by atoms with E-state index in [1.807, 2.05) is 0 Å². The largest absolute Gasteiger partial charge is 0.325 e. The molecular weight excluding hydrogens is 262 g/mol. The highest BCUT2D eigenvalue weighted by Gasteiger charge is 2.39. The molecule has 0 aromatic rings. The molecule has 0 aromatic heterocycles. The molecule has 0 aliphatic carbocycles. The molecule has 21 heavy (non-hydrogen) atoms. The molecule has 122 valence electrons. The minimum Gasteiger partial charge on any atom is -0.325 e. The van der Waals surface area contributed by atoms with Crippen LogP contribution >= 0.6 is 0 Å². The van der Waals surface area contributed by atoms with Gasteiger partial charge in [0.1, 0.15) is 0 Å². The highest BCUT2D eigenvalue weighted by Crippen LogP contribution is 2.22. The van der Waals surface area contributed by atoms with E-state index in [-0.39, 0.29) is 12.2 Å². The predicted octanol–water partition coefficient (Wildman–Crippen LogP) is 2.30. The first-order valence-corrected chi connectivity index (χ1v) is 8.78. The molecule has 4 heteroatoms. The van der Waals surface area contributed by atoms with Gasteiger partial charge >= 0.3 is 0 Å². The van der Waals surface area contributed by atoms with Crippen LogP contribution in [0.2, 0.25) is 0 Å². The number of amides is 1. The Bertz CT molecular complexity index is 337. The fourth-order valence-electron chi connectivity index (χ4n) is 3.62. The molecule has 2 aliphatic heterocycles. The number of carbonyl (C=O) groups excluding carboxylic acids is 1. The fraction of sp³-hybridized carbons (Fsp3) is 0.941. The lowest BCUT2D eigenvalue weighted by Gasteiger charge is -2.28. The first-order chi connectivity index (χ1) is 9.99. The average molecular weight is 295 g/mol. The summed E-state index contributed by atoms with van der Waals surface area (Å²) in [6, 6.07) is 0.0317. The molecule has 2 fully saturated rings. The highest BCUT2D eigenvalue weighted by atomic mass is 16.2. The second-order valence-corrected chi connectivity index (χ2v) is 7.47. The third-order valence-corrected chi connectivity index (χ3v) is 4.70. The van der Waals surface area contributed by atoms with Crippen molar-refractivity contribution < 1.29 is 4.79 Å². The molecule has 2 heterocycles. The fourth-order valence-corrected chi connectivity index (χ4v) is 3.62. The van der Waals surface area contributed by atoms with Gasteiger partial charge in [0.2, 0.25) is 5.91 Å². The van der Waals surface area contributed by atoms with E-state index >= 15 is 0 Å². The number of nitrogens with zero attached hydrogens (tertiary/aromatic N) is 2. The highest BCUT2D eigenvalue weighted by molar-refractivity contribution is 5.84. The van der Waals surface area contributed by atoms with Crippen molar-refractivity contribution in [1.29, 1.82) is 0 Å². The second-order valence-electron chi connectivity index (χ2n) is 7.47. The SMILES string of the molecule is CC(C)CC1NC(C(C)C)N(CCCN2CCCC2)C1=O. The normalized spacial score (nSPS) is 27.5. The van der Waals surface area contributed by atoms with Crippen LogP contribution in [-0.2, 0) is 4.79 Å². The maximum Gasteiger partial charge on any atom is 0.241 e. The molecule has 0 radical (unpaired) electrons. The maximum atomic E-state index is 12.6. The molecule has 0 aromatic carbocycles. The van der Waals surface area contributed by atoms with Gasteiger partial charge in [-0.2, -0.15) is 0 Å². The van der Waals surface area contributed by atoms with Crippen LogP contribution in [0.4, 0.5) is 0 Å². The zero-order chi connectivity index (χ0) is 15.4. The van der Waals surface area contributed by atoms with E-state index in [1.165, 1.54) is 25.9 Å². The number of hydrogen-bond donors (Lipinski definition) is 1. The van der Waals surface area contributed by atoms with Crippen LogP contribution in [-0.4, -0.2) is 54.1 Å². The topological polar surface area (TPSA) is 35.6 Å². The minimum atomic E-state index is 0.0317. The van der Waals surface area contributed by atoms with Crippen molar-refractivity contribution in [3.05, 3.63) is 0 Å². The van der Waals surface area contributed by atoms with E-state index in [9.17, 15) is 4.79 Å². The van der Waals surface area contributed by atoms with Crippen LogP contribution in [0.5, 0.6) is 0 Å². The molecule has 2 aliphatic rings. The molecule has 1 N–H and O–H groups in total. The Morgan fingerprint density at radius 1 is 1.14 bits per heavy atom. The quantitative estimate of drug-likeness (QED) is 0.783. The lowest BCUT2D eigenvalue weighted by atomic mass is 10.0. The predicted molar refractivity (Wildman–Crippen MR) is 87.0 cm³/mol. The first-order valence-electron chi connectivity index (χ1n) is 8.78. The van der Waals surface area contributed by atoms with E-state index in [0.29, 0.717) is 17.7 Å². The van der Waals surface area contributed by atoms with Gasteiger partial charge in [0.25, 0.3) is 0 Å². The van der Waals surface area contributed by atoms with Crippen LogP contribution < -0.4 is 5.32 Å². The van der Waals surface area contributed by atoms with Crippen molar-refractivity contribution in [2.45, 2.75) is 65.6 Å². The lowest BCUT2D eigenvalue weighted by Crippen LogP contribution is -2.42. The van der Waals surface area contributed by atoms with E-state index in [0.717, 1.165) is 25.9 Å². The van der Waals surface area contributed by atoms with Gasteiger partial charge in [0.05, 0.1) is 12.2 Å². The van der Waals surface area contributed by atoms with E-state index < -0.39 is 0 Å². The van der Waals surface area contributed by atoms with E-state index in [1.54, 1.807) is 0 Å². The van der Waals surface area contributed by atoms with Crippen LogP contribution in [0.25, 0.3) is 0 Å². The number of nitrogens with one attached hydrogen (secondary N) is 1. The molecule has 4 nitrogen and oxygen atoms in total. The van der Waals surface area contributed by atoms with Crippen molar-refractivity contribution in [2.24, 2.45) is 11.8 Å². The van der Waals surface area contributed by atoms with Crippen molar-refractivity contribution in [2.75, 3.05) is 26.2 Å². The summed E-state index contributed by atoms with van der Waals surface area (Å²) in [7, 11) is 0. The summed E-state index contributed by atoms with van der Waals surface area (Å²) in [5, 5.41) is 3.56. The second kappa shape index (κ2) is 7.59. The molecule has 0 bridgehead atoms. The lowest BCUT2D eigenvalue weighted by molar-refractivity contribution is -0.130. The Morgan fingerprint density at radius 2 is 1.81 bits per heavy atom. The Hall–Kier alpha value is -0.610. The Balaban J connectivity index is 1.86. The Kier molecular flexibility index (Phi) is 6.06. The summed E-state index contributed by atoms with van der Waals surface area (Å²) in [6.45, 7) is 13.3. The van der Waals surface area contributed by atoms with E-state index in [4.69, 9.17) is 0 Å². The summed E-state index contributed by atoms with van der Waals surface area (Å²) >= 11 is 0. The molecule has 2 saturated heterocycles. The van der Waals surface area contributed by atoms with Crippen molar-refractivity contribution >= 4 is 5.91 Å². The van der Waals surface area contributed by atoms with Gasteiger partial charge in [0.15, 0.2) is 0 Å². The Labute approximate surface area is 130 Å². The van der Waals surface area contributed by atoms with Crippen molar-refractivity contribution in [3.8, 4) is 0 Å². The summed E-state index contributed by atoms with van der Waals surface area (Å²) in [4.78, 5) is 17.3.